The summed E-state index contributed by atoms with van der Waals surface area (Å²) in [6.45, 7) is 3.47. The average Bonchev–Trinajstić information content (AvgIpc) is 2.69. The lowest BCUT2D eigenvalue weighted by Gasteiger charge is -2.15. The number of methoxy groups -OCH3 is 3. The standard InChI is InChI=1S/C20H22O8/c1-6-27-20(23)28-19-14(24-3)9-12(10-15(19)25-4)17(22)13-8-7-11(2)16(21)18(13)26-5/h7-10,21H,6H2,1-5H3. The number of carbonyl (C=O) groups is 2. The van der Waals surface area contributed by atoms with Crippen molar-refractivity contribution in [3.63, 3.8) is 0 Å². The Bertz CT molecular complexity index is 863. The van der Waals surface area contributed by atoms with Gasteiger partial charge < -0.3 is 28.8 Å². The summed E-state index contributed by atoms with van der Waals surface area (Å²) in [5.74, 6) is -0.299. The largest absolute Gasteiger partial charge is 0.514 e. The van der Waals surface area contributed by atoms with E-state index in [9.17, 15) is 14.7 Å². The van der Waals surface area contributed by atoms with E-state index in [0.717, 1.165) is 0 Å². The molecular formula is C20H22O8. The van der Waals surface area contributed by atoms with Crippen LogP contribution in [0.25, 0.3) is 0 Å². The zero-order valence-electron chi connectivity index (χ0n) is 16.3. The minimum Gasteiger partial charge on any atom is -0.504 e. The highest BCUT2D eigenvalue weighted by Crippen LogP contribution is 2.41. The fourth-order valence-corrected chi connectivity index (χ4v) is 2.55. The molecule has 1 N–H and O–H groups in total. The Kier molecular flexibility index (Phi) is 6.70. The van der Waals surface area contributed by atoms with E-state index in [4.69, 9.17) is 23.7 Å². The van der Waals surface area contributed by atoms with Crippen molar-refractivity contribution in [1.82, 2.24) is 0 Å². The molecule has 8 nitrogen and oxygen atoms in total. The lowest BCUT2D eigenvalue weighted by atomic mass is 9.99. The van der Waals surface area contributed by atoms with Gasteiger partial charge in [0.15, 0.2) is 28.8 Å². The normalized spacial score (nSPS) is 10.2. The van der Waals surface area contributed by atoms with Gasteiger partial charge in [-0.05, 0) is 37.6 Å². The van der Waals surface area contributed by atoms with Crippen molar-refractivity contribution in [3.8, 4) is 28.7 Å². The third kappa shape index (κ3) is 4.11. The van der Waals surface area contributed by atoms with Crippen LogP contribution in [0, 0.1) is 6.92 Å². The third-order valence-electron chi connectivity index (χ3n) is 3.95. The summed E-state index contributed by atoms with van der Waals surface area (Å²) in [7, 11) is 4.08. The molecule has 0 aromatic heterocycles. The van der Waals surface area contributed by atoms with Crippen molar-refractivity contribution in [1.29, 1.82) is 0 Å². The topological polar surface area (TPSA) is 101 Å². The van der Waals surface area contributed by atoms with Gasteiger partial charge in [0.05, 0.1) is 33.5 Å². The second kappa shape index (κ2) is 8.98. The van der Waals surface area contributed by atoms with Crippen LogP contribution in [-0.2, 0) is 4.74 Å². The molecule has 0 saturated carbocycles. The molecule has 0 fully saturated rings. The summed E-state index contributed by atoms with van der Waals surface area (Å²) < 4.78 is 25.6. The molecule has 0 radical (unpaired) electrons. The van der Waals surface area contributed by atoms with E-state index in [1.54, 1.807) is 26.0 Å². The lowest BCUT2D eigenvalue weighted by molar-refractivity contribution is 0.102. The first-order valence-corrected chi connectivity index (χ1v) is 8.39. The highest BCUT2D eigenvalue weighted by atomic mass is 16.7. The van der Waals surface area contributed by atoms with Gasteiger partial charge in [0.25, 0.3) is 0 Å². The Morgan fingerprint density at radius 2 is 1.57 bits per heavy atom. The van der Waals surface area contributed by atoms with Crippen molar-refractivity contribution in [2.75, 3.05) is 27.9 Å². The molecule has 0 aliphatic rings. The van der Waals surface area contributed by atoms with Crippen LogP contribution >= 0.6 is 0 Å². The molecule has 2 aromatic rings. The van der Waals surface area contributed by atoms with E-state index in [0.29, 0.717) is 5.56 Å². The molecule has 0 aliphatic heterocycles. The number of rotatable bonds is 7. The number of benzene rings is 2. The van der Waals surface area contributed by atoms with Gasteiger partial charge in [-0.25, -0.2) is 4.79 Å². The number of carbonyl (C=O) groups excluding carboxylic acids is 2. The number of phenolic OH excluding ortho intramolecular Hbond substituents is 1. The highest BCUT2D eigenvalue weighted by molar-refractivity contribution is 6.12. The van der Waals surface area contributed by atoms with E-state index in [2.05, 4.69) is 0 Å². The molecule has 0 heterocycles. The van der Waals surface area contributed by atoms with Crippen LogP contribution < -0.4 is 18.9 Å². The maximum atomic E-state index is 13.0. The molecule has 2 rings (SSSR count). The predicted octanol–water partition coefficient (Wildman–Crippen LogP) is 3.49. The van der Waals surface area contributed by atoms with Gasteiger partial charge in [-0.2, -0.15) is 0 Å². The Hall–Kier alpha value is -3.42. The molecule has 0 spiro atoms. The van der Waals surface area contributed by atoms with Gasteiger partial charge in [-0.1, -0.05) is 6.07 Å². The molecule has 0 aliphatic carbocycles. The maximum absolute atomic E-state index is 13.0. The van der Waals surface area contributed by atoms with Gasteiger partial charge in [0, 0.05) is 5.56 Å². The van der Waals surface area contributed by atoms with Crippen LogP contribution in [-0.4, -0.2) is 45.0 Å². The van der Waals surface area contributed by atoms with Gasteiger partial charge >= 0.3 is 6.16 Å². The highest BCUT2D eigenvalue weighted by Gasteiger charge is 2.24. The number of aryl methyl sites for hydroxylation is 1. The monoisotopic (exact) mass is 390 g/mol. The first-order valence-electron chi connectivity index (χ1n) is 8.39. The van der Waals surface area contributed by atoms with Crippen molar-refractivity contribution in [2.24, 2.45) is 0 Å². The van der Waals surface area contributed by atoms with E-state index >= 15 is 0 Å². The fourth-order valence-electron chi connectivity index (χ4n) is 2.55. The average molecular weight is 390 g/mol. The zero-order valence-corrected chi connectivity index (χ0v) is 16.3. The molecular weight excluding hydrogens is 368 g/mol. The molecule has 0 atom stereocenters. The van der Waals surface area contributed by atoms with Crippen LogP contribution in [0.15, 0.2) is 24.3 Å². The van der Waals surface area contributed by atoms with Gasteiger partial charge in [0.1, 0.15) is 0 Å². The van der Waals surface area contributed by atoms with Crippen LogP contribution in [0.3, 0.4) is 0 Å². The minimum atomic E-state index is -0.927. The third-order valence-corrected chi connectivity index (χ3v) is 3.95. The van der Waals surface area contributed by atoms with Crippen molar-refractivity contribution in [3.05, 3.63) is 41.0 Å². The summed E-state index contributed by atoms with van der Waals surface area (Å²) in [6.07, 6.45) is -0.927. The summed E-state index contributed by atoms with van der Waals surface area (Å²) in [5, 5.41) is 10.2. The maximum Gasteiger partial charge on any atom is 0.514 e. The van der Waals surface area contributed by atoms with Gasteiger partial charge in [-0.15, -0.1) is 0 Å². The number of hydrogen-bond acceptors (Lipinski definition) is 8. The smallest absolute Gasteiger partial charge is 0.504 e. The molecule has 8 heteroatoms. The van der Waals surface area contributed by atoms with Crippen LogP contribution in [0.1, 0.15) is 28.4 Å². The van der Waals surface area contributed by atoms with Crippen LogP contribution in [0.5, 0.6) is 28.7 Å². The Balaban J connectivity index is 2.54. The van der Waals surface area contributed by atoms with Gasteiger partial charge in [0.2, 0.25) is 5.75 Å². The number of ketones is 1. The van der Waals surface area contributed by atoms with Crippen molar-refractivity contribution < 1.29 is 38.4 Å². The molecule has 0 saturated heterocycles. The summed E-state index contributed by atoms with van der Waals surface area (Å²) in [5.41, 5.74) is 0.918. The van der Waals surface area contributed by atoms with E-state index < -0.39 is 11.9 Å². The minimum absolute atomic E-state index is 0.0151. The number of phenols is 1. The summed E-state index contributed by atoms with van der Waals surface area (Å²) in [4.78, 5) is 24.7. The number of hydrogen-bond donors (Lipinski definition) is 1. The number of ether oxygens (including phenoxy) is 5. The van der Waals surface area contributed by atoms with Crippen molar-refractivity contribution >= 4 is 11.9 Å². The van der Waals surface area contributed by atoms with E-state index in [1.165, 1.54) is 33.5 Å². The zero-order chi connectivity index (χ0) is 20.8. The first kappa shape index (κ1) is 20.9. The quantitative estimate of drug-likeness (QED) is 0.436. The summed E-state index contributed by atoms with van der Waals surface area (Å²) >= 11 is 0. The Morgan fingerprint density at radius 1 is 0.964 bits per heavy atom. The number of aromatic hydroxyl groups is 1. The van der Waals surface area contributed by atoms with E-state index in [-0.39, 0.29) is 46.5 Å². The molecule has 0 amide bonds. The molecule has 0 unspecified atom stereocenters. The Morgan fingerprint density at radius 3 is 2.07 bits per heavy atom. The SMILES string of the molecule is CCOC(=O)Oc1c(OC)cc(C(=O)c2ccc(C)c(O)c2OC)cc1OC. The van der Waals surface area contributed by atoms with Crippen molar-refractivity contribution in [2.45, 2.75) is 13.8 Å². The second-order valence-corrected chi connectivity index (χ2v) is 5.64. The molecule has 0 bridgehead atoms. The van der Waals surface area contributed by atoms with Crippen LogP contribution in [0.4, 0.5) is 4.79 Å². The van der Waals surface area contributed by atoms with Gasteiger partial charge in [-0.3, -0.25) is 4.79 Å². The predicted molar refractivity (Wildman–Crippen MR) is 100 cm³/mol. The first-order chi connectivity index (χ1) is 13.4. The fraction of sp³-hybridized carbons (Fsp3) is 0.300. The summed E-state index contributed by atoms with van der Waals surface area (Å²) in [6, 6.07) is 5.96. The second-order valence-electron chi connectivity index (χ2n) is 5.64. The van der Waals surface area contributed by atoms with Crippen LogP contribution in [0.2, 0.25) is 0 Å². The van der Waals surface area contributed by atoms with E-state index in [1.807, 2.05) is 0 Å². The lowest BCUT2D eigenvalue weighted by Crippen LogP contribution is -2.12. The molecule has 28 heavy (non-hydrogen) atoms. The Labute approximate surface area is 162 Å². The molecule has 2 aromatic carbocycles. The molecule has 150 valence electrons.